The maximum Gasteiger partial charge on any atom is 0.319 e. The normalized spacial score (nSPS) is 26.2. The molecule has 2 aliphatic heterocycles. The van der Waals surface area contributed by atoms with E-state index in [0.717, 1.165) is 36.5 Å². The van der Waals surface area contributed by atoms with Gasteiger partial charge in [-0.1, -0.05) is 0 Å². The van der Waals surface area contributed by atoms with Gasteiger partial charge in [-0.2, -0.15) is 0 Å². The molecule has 0 aromatic heterocycles. The van der Waals surface area contributed by atoms with Crippen molar-refractivity contribution in [3.63, 3.8) is 0 Å². The zero-order valence-corrected chi connectivity index (χ0v) is 10.3. The molecule has 0 radical (unpaired) electrons. The van der Waals surface area contributed by atoms with Crippen molar-refractivity contribution in [1.82, 2.24) is 10.6 Å². The quantitative estimate of drug-likeness (QED) is 0.742. The zero-order chi connectivity index (χ0) is 12.5. The highest BCUT2D eigenvalue weighted by atomic mass is 16.5. The topological polar surface area (TPSA) is 62.4 Å². The van der Waals surface area contributed by atoms with Gasteiger partial charge in [-0.25, -0.2) is 4.79 Å². The predicted octanol–water partition coefficient (Wildman–Crippen LogP) is 1.48. The van der Waals surface area contributed by atoms with Crippen molar-refractivity contribution < 1.29 is 9.53 Å². The summed E-state index contributed by atoms with van der Waals surface area (Å²) in [5.74, 6) is 1.27. The highest BCUT2D eigenvalue weighted by Crippen LogP contribution is 2.36. The first kappa shape index (κ1) is 11.3. The van der Waals surface area contributed by atoms with Crippen LogP contribution in [0, 0.1) is 5.92 Å². The third-order valence-corrected chi connectivity index (χ3v) is 3.70. The molecule has 2 atom stereocenters. The second kappa shape index (κ2) is 4.49. The number of anilines is 1. The first-order valence-corrected chi connectivity index (χ1v) is 6.24. The van der Waals surface area contributed by atoms with Crippen molar-refractivity contribution in [3.05, 3.63) is 23.8 Å². The number of carbonyl (C=O) groups is 1. The molecule has 1 aromatic rings. The van der Waals surface area contributed by atoms with E-state index in [9.17, 15) is 4.79 Å². The average molecular weight is 247 g/mol. The fourth-order valence-corrected chi connectivity index (χ4v) is 2.75. The lowest BCUT2D eigenvalue weighted by atomic mass is 9.90. The molecule has 5 heteroatoms. The van der Waals surface area contributed by atoms with Crippen molar-refractivity contribution in [2.75, 3.05) is 25.5 Å². The highest BCUT2D eigenvalue weighted by molar-refractivity contribution is 5.93. The lowest BCUT2D eigenvalue weighted by Gasteiger charge is -2.31. The maximum atomic E-state index is 11.7. The van der Waals surface area contributed by atoms with E-state index in [1.165, 1.54) is 0 Å². The number of hydrogen-bond donors (Lipinski definition) is 3. The van der Waals surface area contributed by atoms with Gasteiger partial charge < -0.3 is 20.7 Å². The van der Waals surface area contributed by atoms with Gasteiger partial charge in [0.25, 0.3) is 0 Å². The molecule has 3 rings (SSSR count). The lowest BCUT2D eigenvalue weighted by Crippen LogP contribution is -2.41. The first-order valence-electron chi connectivity index (χ1n) is 6.24. The molecular formula is C13H17N3O2. The number of benzene rings is 1. The van der Waals surface area contributed by atoms with Crippen molar-refractivity contribution in [3.8, 4) is 5.75 Å². The minimum atomic E-state index is -0.121. The number of amides is 2. The number of methoxy groups -OCH3 is 1. The Balaban J connectivity index is 1.98. The third-order valence-electron chi connectivity index (χ3n) is 3.70. The van der Waals surface area contributed by atoms with Crippen molar-refractivity contribution in [2.24, 2.45) is 5.92 Å². The molecule has 1 saturated heterocycles. The van der Waals surface area contributed by atoms with E-state index < -0.39 is 0 Å². The SMILES string of the molecule is COc1ccc2c(c1)C(C1CCNC1)NC(=O)N2. The molecule has 5 nitrogen and oxygen atoms in total. The fraction of sp³-hybridized carbons (Fsp3) is 0.462. The molecular weight excluding hydrogens is 230 g/mol. The standard InChI is InChI=1S/C13H17N3O2/c1-18-9-2-3-11-10(6-9)12(16-13(17)15-11)8-4-5-14-7-8/h2-3,6,8,12,14H,4-5,7H2,1H3,(H2,15,16,17). The van der Waals surface area contributed by atoms with Gasteiger partial charge in [0.2, 0.25) is 0 Å². The van der Waals surface area contributed by atoms with Crippen LogP contribution >= 0.6 is 0 Å². The number of nitrogens with one attached hydrogen (secondary N) is 3. The summed E-state index contributed by atoms with van der Waals surface area (Å²) in [5, 5.41) is 9.20. The molecule has 0 saturated carbocycles. The van der Waals surface area contributed by atoms with E-state index in [1.807, 2.05) is 18.2 Å². The summed E-state index contributed by atoms with van der Waals surface area (Å²) in [6, 6.07) is 5.73. The summed E-state index contributed by atoms with van der Waals surface area (Å²) in [7, 11) is 1.66. The van der Waals surface area contributed by atoms with Gasteiger partial charge in [0, 0.05) is 17.8 Å². The van der Waals surface area contributed by atoms with Crippen LogP contribution in [0.2, 0.25) is 0 Å². The third kappa shape index (κ3) is 1.90. The molecule has 3 N–H and O–H groups in total. The van der Waals surface area contributed by atoms with Crippen LogP contribution in [0.4, 0.5) is 10.5 Å². The molecule has 1 aromatic carbocycles. The average Bonchev–Trinajstić information content (AvgIpc) is 2.91. The summed E-state index contributed by atoms with van der Waals surface area (Å²) in [5.41, 5.74) is 2.00. The lowest BCUT2D eigenvalue weighted by molar-refractivity contribution is 0.241. The van der Waals surface area contributed by atoms with Crippen LogP contribution in [-0.2, 0) is 0 Å². The number of ether oxygens (including phenoxy) is 1. The van der Waals surface area contributed by atoms with Crippen molar-refractivity contribution >= 4 is 11.7 Å². The van der Waals surface area contributed by atoms with Gasteiger partial charge in [-0.3, -0.25) is 0 Å². The summed E-state index contributed by atoms with van der Waals surface area (Å²) >= 11 is 0. The van der Waals surface area contributed by atoms with Crippen LogP contribution in [0.1, 0.15) is 18.0 Å². The second-order valence-electron chi connectivity index (χ2n) is 4.78. The first-order chi connectivity index (χ1) is 8.78. The van der Waals surface area contributed by atoms with Gasteiger partial charge in [-0.15, -0.1) is 0 Å². The maximum absolute atomic E-state index is 11.7. The smallest absolute Gasteiger partial charge is 0.319 e. The number of carbonyl (C=O) groups excluding carboxylic acids is 1. The highest BCUT2D eigenvalue weighted by Gasteiger charge is 2.32. The second-order valence-corrected chi connectivity index (χ2v) is 4.78. The number of hydrogen-bond acceptors (Lipinski definition) is 3. The van der Waals surface area contributed by atoms with Crippen LogP contribution < -0.4 is 20.7 Å². The summed E-state index contributed by atoms with van der Waals surface area (Å²) in [6.07, 6.45) is 1.08. The Morgan fingerprint density at radius 1 is 1.39 bits per heavy atom. The molecule has 1 fully saturated rings. The van der Waals surface area contributed by atoms with Gasteiger partial charge in [0.15, 0.2) is 0 Å². The van der Waals surface area contributed by atoms with Crippen LogP contribution in [0.3, 0.4) is 0 Å². The summed E-state index contributed by atoms with van der Waals surface area (Å²) in [4.78, 5) is 11.7. The number of rotatable bonds is 2. The molecule has 2 amide bonds. The molecule has 0 bridgehead atoms. The van der Waals surface area contributed by atoms with E-state index in [4.69, 9.17) is 4.74 Å². The van der Waals surface area contributed by atoms with E-state index in [1.54, 1.807) is 7.11 Å². The van der Waals surface area contributed by atoms with Gasteiger partial charge in [0.05, 0.1) is 13.2 Å². The summed E-state index contributed by atoms with van der Waals surface area (Å²) < 4.78 is 5.26. The Morgan fingerprint density at radius 2 is 2.28 bits per heavy atom. The molecule has 2 unspecified atom stereocenters. The van der Waals surface area contributed by atoms with Crippen molar-refractivity contribution in [1.29, 1.82) is 0 Å². The van der Waals surface area contributed by atoms with Crippen LogP contribution in [0.5, 0.6) is 5.75 Å². The number of fused-ring (bicyclic) bond motifs is 1. The minimum absolute atomic E-state index is 0.0684. The monoisotopic (exact) mass is 247 g/mol. The Morgan fingerprint density at radius 3 is 3.00 bits per heavy atom. The Bertz CT molecular complexity index is 469. The van der Waals surface area contributed by atoms with Crippen LogP contribution in [0.25, 0.3) is 0 Å². The molecule has 2 heterocycles. The Labute approximate surface area is 106 Å². The molecule has 18 heavy (non-hydrogen) atoms. The number of urea groups is 1. The Hall–Kier alpha value is -1.75. The van der Waals surface area contributed by atoms with E-state index in [0.29, 0.717) is 5.92 Å². The predicted molar refractivity (Wildman–Crippen MR) is 68.9 cm³/mol. The largest absolute Gasteiger partial charge is 0.497 e. The summed E-state index contributed by atoms with van der Waals surface area (Å²) in [6.45, 7) is 1.96. The molecule has 2 aliphatic rings. The van der Waals surface area contributed by atoms with Crippen molar-refractivity contribution in [2.45, 2.75) is 12.5 Å². The van der Waals surface area contributed by atoms with Crippen LogP contribution in [-0.4, -0.2) is 26.2 Å². The van der Waals surface area contributed by atoms with E-state index in [2.05, 4.69) is 16.0 Å². The molecule has 0 spiro atoms. The van der Waals surface area contributed by atoms with Gasteiger partial charge in [0.1, 0.15) is 5.75 Å². The molecule has 96 valence electrons. The zero-order valence-electron chi connectivity index (χ0n) is 10.3. The van der Waals surface area contributed by atoms with E-state index in [-0.39, 0.29) is 12.1 Å². The molecule has 0 aliphatic carbocycles. The van der Waals surface area contributed by atoms with E-state index >= 15 is 0 Å². The fourth-order valence-electron chi connectivity index (χ4n) is 2.75. The Kier molecular flexibility index (Phi) is 2.83. The minimum Gasteiger partial charge on any atom is -0.497 e. The van der Waals surface area contributed by atoms with Crippen LogP contribution in [0.15, 0.2) is 18.2 Å². The van der Waals surface area contributed by atoms with Gasteiger partial charge >= 0.3 is 6.03 Å². The van der Waals surface area contributed by atoms with Gasteiger partial charge in [-0.05, 0) is 37.1 Å².